The third kappa shape index (κ3) is 2.09. The Morgan fingerprint density at radius 1 is 1.36 bits per heavy atom. The van der Waals surface area contributed by atoms with E-state index in [1.807, 2.05) is 31.2 Å². The highest BCUT2D eigenvalue weighted by Crippen LogP contribution is 2.21. The maximum absolute atomic E-state index is 5.90. The number of benzene rings is 1. The van der Waals surface area contributed by atoms with Gasteiger partial charge in [0.1, 0.15) is 0 Å². The van der Waals surface area contributed by atoms with Crippen molar-refractivity contribution in [2.45, 2.75) is 13.0 Å². The Morgan fingerprint density at radius 3 is 2.55 bits per heavy atom. The van der Waals surface area contributed by atoms with Crippen LogP contribution in [0.2, 0.25) is 5.02 Å². The van der Waals surface area contributed by atoms with Crippen LogP contribution in [0.5, 0.6) is 0 Å². The summed E-state index contributed by atoms with van der Waals surface area (Å²) >= 11 is 11.3. The van der Waals surface area contributed by atoms with Gasteiger partial charge in [0.05, 0.1) is 0 Å². The Balaban J connectivity index is 2.93. The van der Waals surface area contributed by atoms with E-state index in [0.29, 0.717) is 0 Å². The van der Waals surface area contributed by atoms with Gasteiger partial charge >= 0.3 is 0 Å². The topological polar surface area (TPSA) is 12.0 Å². The van der Waals surface area contributed by atoms with Crippen molar-refractivity contribution in [1.82, 2.24) is 4.84 Å². The zero-order chi connectivity index (χ0) is 8.27. The monoisotopic (exact) mass is 189 g/mol. The number of halogens is 2. The largest absolute Gasteiger partial charge is 0.226 e. The van der Waals surface area contributed by atoms with E-state index in [4.69, 9.17) is 23.4 Å². The maximum Gasteiger partial charge on any atom is 0.0456 e. The fourth-order valence-corrected chi connectivity index (χ4v) is 1.30. The lowest BCUT2D eigenvalue weighted by molar-refractivity contribution is 0.745. The quantitative estimate of drug-likeness (QED) is 0.706. The van der Waals surface area contributed by atoms with Crippen LogP contribution in [0.1, 0.15) is 18.5 Å². The normalized spacial score (nSPS) is 13.0. The van der Waals surface area contributed by atoms with Gasteiger partial charge in [-0.15, -0.1) is 0 Å². The minimum atomic E-state index is 0.0883. The molecule has 11 heavy (non-hydrogen) atoms. The summed E-state index contributed by atoms with van der Waals surface area (Å²) in [4.78, 5) is 2.61. The molecule has 0 saturated heterocycles. The Labute approximate surface area is 76.4 Å². The van der Waals surface area contributed by atoms with Gasteiger partial charge in [0.2, 0.25) is 0 Å². The van der Waals surface area contributed by atoms with Crippen molar-refractivity contribution >= 4 is 23.4 Å². The standard InChI is InChI=1S/C8H9Cl2N/c1-6(11-10)7-4-2-3-5-8(7)9/h2-6,11H,1H3/t6-/m1/s1. The van der Waals surface area contributed by atoms with Gasteiger partial charge in [0.15, 0.2) is 0 Å². The molecule has 0 aliphatic heterocycles. The molecule has 0 spiro atoms. The van der Waals surface area contributed by atoms with Gasteiger partial charge in [-0.2, -0.15) is 0 Å². The molecule has 0 fully saturated rings. The van der Waals surface area contributed by atoms with E-state index in [9.17, 15) is 0 Å². The van der Waals surface area contributed by atoms with E-state index in [2.05, 4.69) is 4.84 Å². The number of hydrogen-bond acceptors (Lipinski definition) is 1. The predicted octanol–water partition coefficient (Wildman–Crippen LogP) is 3.14. The molecule has 3 heteroatoms. The second-order valence-corrected chi connectivity index (χ2v) is 2.98. The zero-order valence-corrected chi connectivity index (χ0v) is 7.65. The van der Waals surface area contributed by atoms with Gasteiger partial charge in [-0.25, -0.2) is 4.84 Å². The van der Waals surface area contributed by atoms with Crippen molar-refractivity contribution in [3.8, 4) is 0 Å². The fourth-order valence-electron chi connectivity index (χ4n) is 0.885. The molecule has 1 aromatic carbocycles. The molecular formula is C8H9Cl2N. The van der Waals surface area contributed by atoms with Crippen molar-refractivity contribution in [3.63, 3.8) is 0 Å². The minimum absolute atomic E-state index is 0.0883. The van der Waals surface area contributed by atoms with Crippen LogP contribution >= 0.6 is 23.4 Å². The molecular weight excluding hydrogens is 181 g/mol. The van der Waals surface area contributed by atoms with E-state index in [1.54, 1.807) is 0 Å². The summed E-state index contributed by atoms with van der Waals surface area (Å²) < 4.78 is 0. The van der Waals surface area contributed by atoms with Crippen molar-refractivity contribution in [3.05, 3.63) is 34.9 Å². The van der Waals surface area contributed by atoms with Crippen molar-refractivity contribution < 1.29 is 0 Å². The molecule has 1 N–H and O–H groups in total. The first-order valence-electron chi connectivity index (χ1n) is 3.36. The van der Waals surface area contributed by atoms with Crippen LogP contribution in [0.3, 0.4) is 0 Å². The Morgan fingerprint density at radius 2 is 2.00 bits per heavy atom. The summed E-state index contributed by atoms with van der Waals surface area (Å²) in [5, 5.41) is 0.744. The summed E-state index contributed by atoms with van der Waals surface area (Å²) in [6, 6.07) is 7.72. The molecule has 0 radical (unpaired) electrons. The molecule has 1 nitrogen and oxygen atoms in total. The highest BCUT2D eigenvalue weighted by atomic mass is 35.5. The summed E-state index contributed by atoms with van der Waals surface area (Å²) in [6.45, 7) is 1.95. The summed E-state index contributed by atoms with van der Waals surface area (Å²) in [5.74, 6) is 0. The first-order chi connectivity index (χ1) is 5.25. The predicted molar refractivity (Wildman–Crippen MR) is 48.9 cm³/mol. The van der Waals surface area contributed by atoms with Gasteiger partial charge in [-0.3, -0.25) is 0 Å². The van der Waals surface area contributed by atoms with Crippen LogP contribution in [-0.2, 0) is 0 Å². The smallest absolute Gasteiger partial charge is 0.0456 e. The van der Waals surface area contributed by atoms with Crippen LogP contribution in [0.25, 0.3) is 0 Å². The van der Waals surface area contributed by atoms with Gasteiger partial charge in [-0.1, -0.05) is 29.8 Å². The molecule has 0 aliphatic carbocycles. The molecule has 0 aliphatic rings. The Bertz CT molecular complexity index is 237. The molecule has 0 saturated carbocycles. The minimum Gasteiger partial charge on any atom is -0.226 e. The van der Waals surface area contributed by atoms with E-state index >= 15 is 0 Å². The van der Waals surface area contributed by atoms with E-state index in [1.165, 1.54) is 0 Å². The van der Waals surface area contributed by atoms with Gasteiger partial charge in [0, 0.05) is 11.1 Å². The summed E-state index contributed by atoms with van der Waals surface area (Å²) in [5.41, 5.74) is 1.02. The average Bonchev–Trinajstić information content (AvgIpc) is 2.04. The van der Waals surface area contributed by atoms with Gasteiger partial charge in [-0.05, 0) is 30.3 Å². The average molecular weight is 190 g/mol. The number of nitrogens with one attached hydrogen (secondary N) is 1. The first kappa shape index (κ1) is 8.85. The van der Waals surface area contributed by atoms with Crippen LogP contribution in [0.15, 0.2) is 24.3 Å². The molecule has 1 aromatic rings. The Hall–Kier alpha value is -0.240. The zero-order valence-electron chi connectivity index (χ0n) is 6.14. The third-order valence-corrected chi connectivity index (χ3v) is 2.21. The maximum atomic E-state index is 5.90. The van der Waals surface area contributed by atoms with Crippen molar-refractivity contribution in [2.75, 3.05) is 0 Å². The van der Waals surface area contributed by atoms with Crippen LogP contribution in [0.4, 0.5) is 0 Å². The van der Waals surface area contributed by atoms with Gasteiger partial charge in [0.25, 0.3) is 0 Å². The first-order valence-corrected chi connectivity index (χ1v) is 4.12. The second-order valence-electron chi connectivity index (χ2n) is 2.35. The SMILES string of the molecule is C[C@@H](NCl)c1ccccc1Cl. The highest BCUT2D eigenvalue weighted by Gasteiger charge is 2.05. The molecule has 1 atom stereocenters. The van der Waals surface area contributed by atoms with Crippen molar-refractivity contribution in [1.29, 1.82) is 0 Å². The number of hydrogen-bond donors (Lipinski definition) is 1. The molecule has 0 amide bonds. The van der Waals surface area contributed by atoms with Crippen LogP contribution in [-0.4, -0.2) is 0 Å². The van der Waals surface area contributed by atoms with Crippen LogP contribution in [0, 0.1) is 0 Å². The molecule has 0 aromatic heterocycles. The van der Waals surface area contributed by atoms with E-state index < -0.39 is 0 Å². The Kier molecular flexibility index (Phi) is 3.18. The second kappa shape index (κ2) is 3.96. The summed E-state index contributed by atoms with van der Waals surface area (Å²) in [6.07, 6.45) is 0. The van der Waals surface area contributed by atoms with Gasteiger partial charge < -0.3 is 0 Å². The lowest BCUT2D eigenvalue weighted by Crippen LogP contribution is -2.06. The lowest BCUT2D eigenvalue weighted by atomic mass is 10.1. The van der Waals surface area contributed by atoms with E-state index in [-0.39, 0.29) is 6.04 Å². The van der Waals surface area contributed by atoms with E-state index in [0.717, 1.165) is 10.6 Å². The van der Waals surface area contributed by atoms with Crippen molar-refractivity contribution in [2.24, 2.45) is 0 Å². The number of rotatable bonds is 2. The molecule has 0 bridgehead atoms. The molecule has 0 unspecified atom stereocenters. The third-order valence-electron chi connectivity index (χ3n) is 1.54. The summed E-state index contributed by atoms with van der Waals surface area (Å²) in [7, 11) is 0. The molecule has 0 heterocycles. The fraction of sp³-hybridized carbons (Fsp3) is 0.250. The van der Waals surface area contributed by atoms with Crippen LogP contribution < -0.4 is 4.84 Å². The highest BCUT2D eigenvalue weighted by molar-refractivity contribution is 6.31. The lowest BCUT2D eigenvalue weighted by Gasteiger charge is -2.09. The molecule has 1 rings (SSSR count). The molecule has 60 valence electrons.